The topological polar surface area (TPSA) is 44.8 Å². The molecule has 0 unspecified atom stereocenters. The molecule has 0 bridgehead atoms. The quantitative estimate of drug-likeness (QED) is 0.518. The molecule has 0 saturated heterocycles. The van der Waals surface area contributed by atoms with Gasteiger partial charge in [-0.15, -0.1) is 0 Å². The van der Waals surface area contributed by atoms with E-state index in [4.69, 9.17) is 14.2 Å². The second-order valence-electron chi connectivity index (χ2n) is 6.49. The molecule has 0 aromatic heterocycles. The molecule has 0 aliphatic rings. The first-order chi connectivity index (χ1) is 9.34. The van der Waals surface area contributed by atoms with Crippen molar-refractivity contribution in [2.24, 2.45) is 11.3 Å². The van der Waals surface area contributed by atoms with E-state index < -0.39 is 0 Å². The lowest BCUT2D eigenvalue weighted by molar-refractivity contribution is -0.131. The van der Waals surface area contributed by atoms with Crippen LogP contribution in [-0.2, 0) is 19.0 Å². The van der Waals surface area contributed by atoms with Crippen molar-refractivity contribution in [3.8, 4) is 0 Å². The van der Waals surface area contributed by atoms with E-state index in [0.29, 0.717) is 26.4 Å². The molecule has 0 heterocycles. The SMILES string of the molecule is CC(C)CCCOCCOCCOCC(=O)C(C)(C)C. The van der Waals surface area contributed by atoms with Gasteiger partial charge >= 0.3 is 0 Å². The van der Waals surface area contributed by atoms with Gasteiger partial charge in [-0.25, -0.2) is 0 Å². The summed E-state index contributed by atoms with van der Waals surface area (Å²) in [7, 11) is 0. The van der Waals surface area contributed by atoms with Crippen molar-refractivity contribution in [3.05, 3.63) is 0 Å². The molecule has 0 aromatic rings. The molecule has 4 nitrogen and oxygen atoms in total. The summed E-state index contributed by atoms with van der Waals surface area (Å²) in [4.78, 5) is 11.6. The van der Waals surface area contributed by atoms with E-state index in [1.165, 1.54) is 6.42 Å². The van der Waals surface area contributed by atoms with E-state index in [1.807, 2.05) is 20.8 Å². The van der Waals surface area contributed by atoms with Gasteiger partial charge < -0.3 is 14.2 Å². The van der Waals surface area contributed by atoms with Gasteiger partial charge in [-0.2, -0.15) is 0 Å². The van der Waals surface area contributed by atoms with Gasteiger partial charge in [0.15, 0.2) is 5.78 Å². The normalized spacial score (nSPS) is 12.1. The van der Waals surface area contributed by atoms with Crippen LogP contribution in [0.1, 0.15) is 47.5 Å². The van der Waals surface area contributed by atoms with Crippen LogP contribution in [0.3, 0.4) is 0 Å². The van der Waals surface area contributed by atoms with Gasteiger partial charge in [-0.1, -0.05) is 34.6 Å². The standard InChI is InChI=1S/C16H32O4/c1-14(2)7-6-8-18-9-10-19-11-12-20-13-15(17)16(3,4)5/h14H,6-13H2,1-5H3. The predicted molar refractivity (Wildman–Crippen MR) is 81.0 cm³/mol. The van der Waals surface area contributed by atoms with Crippen molar-refractivity contribution in [2.45, 2.75) is 47.5 Å². The Morgan fingerprint density at radius 2 is 1.40 bits per heavy atom. The summed E-state index contributed by atoms with van der Waals surface area (Å²) in [6.07, 6.45) is 2.31. The number of Topliss-reactive ketones (excluding diaryl/α,β-unsaturated/α-hetero) is 1. The summed E-state index contributed by atoms with van der Waals surface area (Å²) in [6, 6.07) is 0. The minimum atomic E-state index is -0.329. The van der Waals surface area contributed by atoms with Crippen LogP contribution in [0.2, 0.25) is 0 Å². The van der Waals surface area contributed by atoms with Gasteiger partial charge in [0.25, 0.3) is 0 Å². The summed E-state index contributed by atoms with van der Waals surface area (Å²) in [5, 5.41) is 0. The fraction of sp³-hybridized carbons (Fsp3) is 0.938. The fourth-order valence-electron chi connectivity index (χ4n) is 1.41. The van der Waals surface area contributed by atoms with Gasteiger partial charge in [0.05, 0.1) is 26.4 Å². The Labute approximate surface area is 124 Å². The highest BCUT2D eigenvalue weighted by Gasteiger charge is 2.20. The monoisotopic (exact) mass is 288 g/mol. The van der Waals surface area contributed by atoms with Crippen LogP contribution in [0.5, 0.6) is 0 Å². The minimum Gasteiger partial charge on any atom is -0.379 e. The average molecular weight is 288 g/mol. The highest BCUT2D eigenvalue weighted by Crippen LogP contribution is 2.14. The van der Waals surface area contributed by atoms with Crippen molar-refractivity contribution in [1.29, 1.82) is 0 Å². The second kappa shape index (κ2) is 11.2. The predicted octanol–water partition coefficient (Wildman–Crippen LogP) is 3.09. The number of carbonyl (C=O) groups excluding carboxylic acids is 1. The molecule has 4 heteroatoms. The van der Waals surface area contributed by atoms with Crippen LogP contribution in [0, 0.1) is 11.3 Å². The van der Waals surface area contributed by atoms with Crippen LogP contribution in [-0.4, -0.2) is 45.4 Å². The van der Waals surface area contributed by atoms with Crippen LogP contribution >= 0.6 is 0 Å². The number of ether oxygens (including phenoxy) is 3. The first kappa shape index (κ1) is 19.6. The van der Waals surface area contributed by atoms with E-state index in [9.17, 15) is 4.79 Å². The maximum absolute atomic E-state index is 11.6. The zero-order valence-electron chi connectivity index (χ0n) is 13.9. The van der Waals surface area contributed by atoms with Gasteiger partial charge in [0.1, 0.15) is 6.61 Å². The number of rotatable bonds is 12. The van der Waals surface area contributed by atoms with Crippen LogP contribution in [0.4, 0.5) is 0 Å². The van der Waals surface area contributed by atoms with Crippen LogP contribution in [0.15, 0.2) is 0 Å². The van der Waals surface area contributed by atoms with E-state index in [2.05, 4.69) is 13.8 Å². The van der Waals surface area contributed by atoms with Crippen LogP contribution < -0.4 is 0 Å². The number of ketones is 1. The molecule has 0 rings (SSSR count). The second-order valence-corrected chi connectivity index (χ2v) is 6.49. The Kier molecular flexibility index (Phi) is 11.0. The Bertz CT molecular complexity index is 243. The maximum atomic E-state index is 11.6. The zero-order valence-corrected chi connectivity index (χ0v) is 13.9. The molecule has 20 heavy (non-hydrogen) atoms. The molecule has 0 aliphatic heterocycles. The van der Waals surface area contributed by atoms with Gasteiger partial charge in [0.2, 0.25) is 0 Å². The highest BCUT2D eigenvalue weighted by atomic mass is 16.5. The van der Waals surface area contributed by atoms with E-state index in [1.54, 1.807) is 0 Å². The summed E-state index contributed by atoms with van der Waals surface area (Å²) in [5.74, 6) is 0.855. The molecule has 0 amide bonds. The van der Waals surface area contributed by atoms with Gasteiger partial charge in [-0.05, 0) is 18.8 Å². The highest BCUT2D eigenvalue weighted by molar-refractivity contribution is 5.84. The minimum absolute atomic E-state index is 0.117. The molecule has 0 atom stereocenters. The van der Waals surface area contributed by atoms with E-state index in [0.717, 1.165) is 18.9 Å². The summed E-state index contributed by atoms with van der Waals surface area (Å²) in [6.45, 7) is 13.3. The Morgan fingerprint density at radius 1 is 0.900 bits per heavy atom. The van der Waals surface area contributed by atoms with Gasteiger partial charge in [-0.3, -0.25) is 4.79 Å². The number of carbonyl (C=O) groups is 1. The van der Waals surface area contributed by atoms with Crippen molar-refractivity contribution >= 4 is 5.78 Å². The summed E-state index contributed by atoms with van der Waals surface area (Å²) < 4.78 is 16.1. The lowest BCUT2D eigenvalue weighted by atomic mass is 9.91. The van der Waals surface area contributed by atoms with E-state index >= 15 is 0 Å². The molecular formula is C16H32O4. The van der Waals surface area contributed by atoms with Crippen molar-refractivity contribution in [3.63, 3.8) is 0 Å². The smallest absolute Gasteiger partial charge is 0.163 e. The van der Waals surface area contributed by atoms with Crippen LogP contribution in [0.25, 0.3) is 0 Å². The first-order valence-corrected chi connectivity index (χ1v) is 7.60. The fourth-order valence-corrected chi connectivity index (χ4v) is 1.41. The van der Waals surface area contributed by atoms with Gasteiger partial charge in [0, 0.05) is 12.0 Å². The third-order valence-corrected chi connectivity index (χ3v) is 2.88. The Morgan fingerprint density at radius 3 is 1.90 bits per heavy atom. The molecule has 0 fully saturated rings. The van der Waals surface area contributed by atoms with Crippen molar-refractivity contribution < 1.29 is 19.0 Å². The van der Waals surface area contributed by atoms with E-state index in [-0.39, 0.29) is 17.8 Å². The lowest BCUT2D eigenvalue weighted by Crippen LogP contribution is -2.25. The molecular weight excluding hydrogens is 256 g/mol. The first-order valence-electron chi connectivity index (χ1n) is 7.60. The zero-order chi connectivity index (χ0) is 15.4. The summed E-state index contributed by atoms with van der Waals surface area (Å²) in [5.41, 5.74) is -0.329. The number of hydrogen-bond acceptors (Lipinski definition) is 4. The molecule has 0 aliphatic carbocycles. The third-order valence-electron chi connectivity index (χ3n) is 2.88. The molecule has 0 saturated carbocycles. The third kappa shape index (κ3) is 12.6. The maximum Gasteiger partial charge on any atom is 0.163 e. The molecule has 120 valence electrons. The summed E-state index contributed by atoms with van der Waals surface area (Å²) >= 11 is 0. The largest absolute Gasteiger partial charge is 0.379 e. The number of hydrogen-bond donors (Lipinski definition) is 0. The molecule has 0 N–H and O–H groups in total. The molecule has 0 radical (unpaired) electrons. The van der Waals surface area contributed by atoms with Crippen molar-refractivity contribution in [1.82, 2.24) is 0 Å². The Balaban J connectivity index is 3.20. The Hall–Kier alpha value is -0.450. The van der Waals surface area contributed by atoms with Crippen molar-refractivity contribution in [2.75, 3.05) is 39.6 Å². The average Bonchev–Trinajstić information content (AvgIpc) is 2.34. The lowest BCUT2D eigenvalue weighted by Gasteiger charge is -2.16. The molecule has 0 spiro atoms. The molecule has 0 aromatic carbocycles.